The minimum Gasteiger partial charge on any atom is -0.378 e. The van der Waals surface area contributed by atoms with Gasteiger partial charge in [-0.2, -0.15) is 0 Å². The number of hydrogen-bond donors (Lipinski definition) is 0. The highest BCUT2D eigenvalue weighted by atomic mass is 15.1. The third-order valence-corrected chi connectivity index (χ3v) is 5.05. The van der Waals surface area contributed by atoms with E-state index in [0.29, 0.717) is 12.0 Å². The van der Waals surface area contributed by atoms with Gasteiger partial charge in [0.25, 0.3) is 0 Å². The average molecular weight is 277 g/mol. The molecule has 0 aromatic heterocycles. The number of nitrogens with zero attached hydrogens (tertiary/aromatic N) is 1. The summed E-state index contributed by atoms with van der Waals surface area (Å²) >= 11 is 0. The van der Waals surface area contributed by atoms with E-state index in [9.17, 15) is 0 Å². The van der Waals surface area contributed by atoms with Crippen molar-refractivity contribution in [2.75, 3.05) is 7.05 Å². The highest BCUT2D eigenvalue weighted by molar-refractivity contribution is 4.98. The fourth-order valence-electron chi connectivity index (χ4n) is 3.44. The van der Waals surface area contributed by atoms with Crippen molar-refractivity contribution in [1.29, 1.82) is 0 Å². The first kappa shape index (κ1) is 17.3. The lowest BCUT2D eigenvalue weighted by Gasteiger charge is -2.29. The molecule has 0 saturated heterocycles. The van der Waals surface area contributed by atoms with Gasteiger partial charge in [0.15, 0.2) is 0 Å². The summed E-state index contributed by atoms with van der Waals surface area (Å²) in [4.78, 5) is 2.33. The van der Waals surface area contributed by atoms with Gasteiger partial charge in [-0.3, -0.25) is 0 Å². The summed E-state index contributed by atoms with van der Waals surface area (Å²) < 4.78 is 0. The van der Waals surface area contributed by atoms with Crippen LogP contribution in [0.1, 0.15) is 72.1 Å². The van der Waals surface area contributed by atoms with Crippen LogP contribution >= 0.6 is 0 Å². The Kier molecular flexibility index (Phi) is 8.02. The SMILES string of the molecule is C=C(C)C(CCC1CCCCC1)CC(C)N(C)/C=C\C. The highest BCUT2D eigenvalue weighted by Gasteiger charge is 2.19. The lowest BCUT2D eigenvalue weighted by atomic mass is 9.81. The predicted molar refractivity (Wildman–Crippen MR) is 90.8 cm³/mol. The maximum atomic E-state index is 4.24. The molecule has 0 spiro atoms. The van der Waals surface area contributed by atoms with Crippen LogP contribution in [0.25, 0.3) is 0 Å². The zero-order valence-corrected chi connectivity index (χ0v) is 14.2. The summed E-state index contributed by atoms with van der Waals surface area (Å²) in [6.45, 7) is 10.9. The molecule has 1 fully saturated rings. The lowest BCUT2D eigenvalue weighted by Crippen LogP contribution is -2.27. The summed E-state index contributed by atoms with van der Waals surface area (Å²) in [5, 5.41) is 0. The van der Waals surface area contributed by atoms with Crippen LogP contribution in [0.5, 0.6) is 0 Å². The van der Waals surface area contributed by atoms with Crippen molar-refractivity contribution in [1.82, 2.24) is 4.90 Å². The predicted octanol–water partition coefficient (Wildman–Crippen LogP) is 5.78. The lowest BCUT2D eigenvalue weighted by molar-refractivity contribution is 0.271. The van der Waals surface area contributed by atoms with Gasteiger partial charge < -0.3 is 4.90 Å². The zero-order valence-electron chi connectivity index (χ0n) is 14.2. The molecule has 2 atom stereocenters. The Morgan fingerprint density at radius 1 is 1.30 bits per heavy atom. The molecule has 0 aromatic carbocycles. The third-order valence-electron chi connectivity index (χ3n) is 5.05. The molecule has 1 saturated carbocycles. The Labute approximate surface area is 127 Å². The first-order valence-corrected chi connectivity index (χ1v) is 8.54. The molecule has 1 aliphatic carbocycles. The fourth-order valence-corrected chi connectivity index (χ4v) is 3.44. The second-order valence-electron chi connectivity index (χ2n) is 6.86. The molecule has 116 valence electrons. The van der Waals surface area contributed by atoms with E-state index in [2.05, 4.69) is 51.6 Å². The molecule has 1 nitrogen and oxygen atoms in total. The standard InChI is InChI=1S/C19H35N/c1-6-14-20(5)17(4)15-19(16(2)3)13-12-18-10-8-7-9-11-18/h6,14,17-19H,2,7-13,15H2,1,3-5H3/b14-6-. The van der Waals surface area contributed by atoms with E-state index in [1.807, 2.05) is 0 Å². The normalized spacial score (nSPS) is 20.0. The van der Waals surface area contributed by atoms with Crippen molar-refractivity contribution >= 4 is 0 Å². The average Bonchev–Trinajstić information content (AvgIpc) is 2.44. The zero-order chi connectivity index (χ0) is 15.0. The van der Waals surface area contributed by atoms with Crippen molar-refractivity contribution in [3.63, 3.8) is 0 Å². The third kappa shape index (κ3) is 6.15. The first-order valence-electron chi connectivity index (χ1n) is 8.54. The van der Waals surface area contributed by atoms with Gasteiger partial charge in [-0.25, -0.2) is 0 Å². The van der Waals surface area contributed by atoms with Crippen LogP contribution in [0.3, 0.4) is 0 Å². The van der Waals surface area contributed by atoms with Gasteiger partial charge >= 0.3 is 0 Å². The van der Waals surface area contributed by atoms with Crippen LogP contribution in [0.15, 0.2) is 24.4 Å². The molecule has 1 rings (SSSR count). The van der Waals surface area contributed by atoms with E-state index in [1.165, 1.54) is 56.9 Å². The molecule has 0 N–H and O–H groups in total. The van der Waals surface area contributed by atoms with Crippen LogP contribution in [0, 0.1) is 11.8 Å². The van der Waals surface area contributed by atoms with Crippen molar-refractivity contribution in [3.05, 3.63) is 24.4 Å². The Morgan fingerprint density at radius 3 is 2.50 bits per heavy atom. The maximum absolute atomic E-state index is 4.24. The summed E-state index contributed by atoms with van der Waals surface area (Å²) in [5.41, 5.74) is 1.38. The van der Waals surface area contributed by atoms with E-state index < -0.39 is 0 Å². The van der Waals surface area contributed by atoms with Crippen LogP contribution in [-0.2, 0) is 0 Å². The fraction of sp³-hybridized carbons (Fsp3) is 0.789. The molecule has 0 radical (unpaired) electrons. The Balaban J connectivity index is 2.41. The van der Waals surface area contributed by atoms with E-state index in [1.54, 1.807) is 0 Å². The molecule has 0 amide bonds. The minimum absolute atomic E-state index is 0.597. The molecule has 0 aliphatic heterocycles. The summed E-state index contributed by atoms with van der Waals surface area (Å²) in [5.74, 6) is 1.69. The largest absolute Gasteiger partial charge is 0.378 e. The molecule has 1 aliphatic rings. The Hall–Kier alpha value is -0.720. The Bertz CT molecular complexity index is 299. The summed E-state index contributed by atoms with van der Waals surface area (Å²) in [6.07, 6.45) is 15.6. The quantitative estimate of drug-likeness (QED) is 0.508. The van der Waals surface area contributed by atoms with Gasteiger partial charge in [0.2, 0.25) is 0 Å². The van der Waals surface area contributed by atoms with E-state index in [-0.39, 0.29) is 0 Å². The van der Waals surface area contributed by atoms with E-state index in [0.717, 1.165) is 5.92 Å². The molecule has 0 bridgehead atoms. The van der Waals surface area contributed by atoms with Crippen LogP contribution < -0.4 is 0 Å². The Morgan fingerprint density at radius 2 is 1.95 bits per heavy atom. The van der Waals surface area contributed by atoms with Crippen LogP contribution in [0.4, 0.5) is 0 Å². The molecule has 0 aromatic rings. The van der Waals surface area contributed by atoms with Gasteiger partial charge in [0, 0.05) is 13.1 Å². The molecular weight excluding hydrogens is 242 g/mol. The van der Waals surface area contributed by atoms with Crippen LogP contribution in [0.2, 0.25) is 0 Å². The van der Waals surface area contributed by atoms with Gasteiger partial charge in [-0.05, 0) is 58.1 Å². The van der Waals surface area contributed by atoms with E-state index >= 15 is 0 Å². The smallest absolute Gasteiger partial charge is 0.0258 e. The first-order chi connectivity index (χ1) is 9.54. The van der Waals surface area contributed by atoms with Gasteiger partial charge in [0.1, 0.15) is 0 Å². The summed E-state index contributed by atoms with van der Waals surface area (Å²) in [7, 11) is 2.18. The van der Waals surface area contributed by atoms with Crippen LogP contribution in [-0.4, -0.2) is 18.0 Å². The maximum Gasteiger partial charge on any atom is 0.0258 e. The molecular formula is C19H35N. The minimum atomic E-state index is 0.597. The molecule has 1 heteroatoms. The monoisotopic (exact) mass is 277 g/mol. The van der Waals surface area contributed by atoms with Gasteiger partial charge in [-0.15, -0.1) is 0 Å². The number of hydrogen-bond acceptors (Lipinski definition) is 1. The number of allylic oxidation sites excluding steroid dienone is 2. The molecule has 2 unspecified atom stereocenters. The van der Waals surface area contributed by atoms with Gasteiger partial charge in [0.05, 0.1) is 0 Å². The van der Waals surface area contributed by atoms with Crippen molar-refractivity contribution < 1.29 is 0 Å². The highest BCUT2D eigenvalue weighted by Crippen LogP contribution is 2.31. The number of rotatable bonds is 8. The van der Waals surface area contributed by atoms with Crippen molar-refractivity contribution in [3.8, 4) is 0 Å². The second-order valence-corrected chi connectivity index (χ2v) is 6.86. The molecule has 0 heterocycles. The second kappa shape index (κ2) is 9.26. The van der Waals surface area contributed by atoms with Gasteiger partial charge in [-0.1, -0.05) is 50.3 Å². The van der Waals surface area contributed by atoms with Crippen molar-refractivity contribution in [2.45, 2.75) is 78.2 Å². The summed E-state index contributed by atoms with van der Waals surface area (Å²) in [6, 6.07) is 0.597. The molecule has 20 heavy (non-hydrogen) atoms. The topological polar surface area (TPSA) is 3.24 Å². The van der Waals surface area contributed by atoms with Crippen molar-refractivity contribution in [2.24, 2.45) is 11.8 Å². The van der Waals surface area contributed by atoms with E-state index in [4.69, 9.17) is 0 Å².